The predicted octanol–water partition coefficient (Wildman–Crippen LogP) is 4.83. The smallest absolute Gasteiger partial charge is 0.224 e. The first-order valence-electron chi connectivity index (χ1n) is 12.7. The summed E-state index contributed by atoms with van der Waals surface area (Å²) in [6.45, 7) is 0. The van der Waals surface area contributed by atoms with Gasteiger partial charge in [-0.1, -0.05) is 18.9 Å². The molecule has 0 atom stereocenters. The first-order valence-corrected chi connectivity index (χ1v) is 12.7. The van der Waals surface area contributed by atoms with E-state index in [9.17, 15) is 0 Å². The highest BCUT2D eigenvalue weighted by atomic mass is 15.2. The Balaban J connectivity index is 1.08. The molecule has 2 aliphatic carbocycles. The molecule has 0 radical (unpaired) electrons. The molecule has 10 heteroatoms. The van der Waals surface area contributed by atoms with Crippen LogP contribution < -0.4 is 21.3 Å². The summed E-state index contributed by atoms with van der Waals surface area (Å²) in [5.74, 6) is 2.94. The molecule has 36 heavy (non-hydrogen) atoms. The van der Waals surface area contributed by atoms with Gasteiger partial charge in [-0.05, 0) is 62.8 Å². The highest BCUT2D eigenvalue weighted by molar-refractivity contribution is 5.91. The van der Waals surface area contributed by atoms with E-state index in [-0.39, 0.29) is 18.0 Å². The molecule has 0 aliphatic heterocycles. The quantitative estimate of drug-likeness (QED) is 0.206. The molecule has 2 heterocycles. The van der Waals surface area contributed by atoms with E-state index >= 15 is 0 Å². The maximum Gasteiger partial charge on any atom is 0.224 e. The fourth-order valence-corrected chi connectivity index (χ4v) is 5.09. The van der Waals surface area contributed by atoms with Gasteiger partial charge in [-0.15, -0.1) is 0 Å². The highest BCUT2D eigenvalue weighted by Crippen LogP contribution is 2.34. The predicted molar refractivity (Wildman–Crippen MR) is 140 cm³/mol. The summed E-state index contributed by atoms with van der Waals surface area (Å²) >= 11 is 0. The van der Waals surface area contributed by atoms with Crippen molar-refractivity contribution in [2.45, 2.75) is 69.4 Å². The van der Waals surface area contributed by atoms with E-state index in [1.807, 2.05) is 12.1 Å². The third kappa shape index (κ3) is 6.10. The van der Waals surface area contributed by atoms with Gasteiger partial charge in [0.25, 0.3) is 0 Å². The van der Waals surface area contributed by atoms with Crippen LogP contribution in [-0.4, -0.2) is 38.2 Å². The zero-order valence-electron chi connectivity index (χ0n) is 20.2. The van der Waals surface area contributed by atoms with Crippen LogP contribution >= 0.6 is 0 Å². The summed E-state index contributed by atoms with van der Waals surface area (Å²) < 4.78 is 0. The molecule has 2 saturated carbocycles. The van der Waals surface area contributed by atoms with Gasteiger partial charge in [-0.25, -0.2) is 4.98 Å². The molecule has 3 aromatic rings. The molecule has 6 N–H and O–H groups in total. The molecule has 0 saturated heterocycles. The van der Waals surface area contributed by atoms with Gasteiger partial charge >= 0.3 is 0 Å². The van der Waals surface area contributed by atoms with Gasteiger partial charge in [0.1, 0.15) is 5.82 Å². The number of nitriles is 1. The molecule has 2 aliphatic rings. The molecule has 0 amide bonds. The SMILES string of the molecule is N#Cc1cccc(NC(=N)NC2CCC(Nc3nccc(Nc4cc(C5CCCC5)[nH]n4)n3)CC2)c1. The molecule has 2 aromatic heterocycles. The average molecular weight is 485 g/mol. The Hall–Kier alpha value is -4.13. The van der Waals surface area contributed by atoms with Crippen LogP contribution in [0.2, 0.25) is 0 Å². The molecule has 1 aromatic carbocycles. The van der Waals surface area contributed by atoms with E-state index in [1.54, 1.807) is 24.4 Å². The van der Waals surface area contributed by atoms with E-state index in [0.717, 1.165) is 37.2 Å². The van der Waals surface area contributed by atoms with Crippen molar-refractivity contribution in [3.05, 3.63) is 53.9 Å². The number of hydrogen-bond donors (Lipinski definition) is 6. The lowest BCUT2D eigenvalue weighted by molar-refractivity contribution is 0.386. The average Bonchev–Trinajstić information content (AvgIpc) is 3.58. The Morgan fingerprint density at radius 1 is 1.00 bits per heavy atom. The summed E-state index contributed by atoms with van der Waals surface area (Å²) in [5.41, 5.74) is 2.50. The number of H-pyrrole nitrogens is 1. The molecule has 186 valence electrons. The number of nitrogens with one attached hydrogen (secondary N) is 6. The standard InChI is InChI=1S/C26H32N10/c27-16-17-4-3-7-21(14-17)31-25(28)30-19-8-10-20(11-9-19)32-26-29-13-12-23(34-26)33-24-15-22(35-36-24)18-5-1-2-6-18/h3-4,7,12-15,18-20H,1-2,5-6,8-11H2,(H3,28,30,31)(H3,29,32,33,34,35,36). The molecular weight excluding hydrogens is 452 g/mol. The van der Waals surface area contributed by atoms with Gasteiger partial charge in [-0.2, -0.15) is 15.3 Å². The van der Waals surface area contributed by atoms with Gasteiger partial charge in [0.05, 0.1) is 11.6 Å². The Morgan fingerprint density at radius 2 is 1.81 bits per heavy atom. The van der Waals surface area contributed by atoms with Crippen molar-refractivity contribution in [3.63, 3.8) is 0 Å². The van der Waals surface area contributed by atoms with E-state index in [0.29, 0.717) is 23.2 Å². The summed E-state index contributed by atoms with van der Waals surface area (Å²) in [6, 6.07) is 13.7. The van der Waals surface area contributed by atoms with E-state index in [2.05, 4.69) is 53.6 Å². The second-order valence-corrected chi connectivity index (χ2v) is 9.61. The number of rotatable bonds is 7. The maximum atomic E-state index is 9.04. The molecule has 5 rings (SSSR count). The van der Waals surface area contributed by atoms with E-state index in [4.69, 9.17) is 10.7 Å². The largest absolute Gasteiger partial charge is 0.354 e. The Labute approximate surface area is 210 Å². The Kier molecular flexibility index (Phi) is 7.26. The molecule has 0 spiro atoms. The van der Waals surface area contributed by atoms with E-state index in [1.165, 1.54) is 31.4 Å². The van der Waals surface area contributed by atoms with Gasteiger partial charge < -0.3 is 21.3 Å². The lowest BCUT2D eigenvalue weighted by Gasteiger charge is -2.30. The van der Waals surface area contributed by atoms with Crippen molar-refractivity contribution in [2.24, 2.45) is 0 Å². The van der Waals surface area contributed by atoms with Gasteiger partial charge in [0, 0.05) is 41.6 Å². The summed E-state index contributed by atoms with van der Waals surface area (Å²) in [7, 11) is 0. The number of guanidine groups is 1. The molecular formula is C26H32N10. The third-order valence-corrected chi connectivity index (χ3v) is 6.97. The number of aromatic nitrogens is 4. The number of anilines is 4. The van der Waals surface area contributed by atoms with Crippen molar-refractivity contribution >= 4 is 29.2 Å². The second kappa shape index (κ2) is 11.1. The van der Waals surface area contributed by atoms with Crippen LogP contribution in [0, 0.1) is 16.7 Å². The van der Waals surface area contributed by atoms with Crippen LogP contribution in [0.4, 0.5) is 23.3 Å². The first kappa shape index (κ1) is 23.6. The van der Waals surface area contributed by atoms with Crippen LogP contribution in [0.3, 0.4) is 0 Å². The zero-order chi connectivity index (χ0) is 24.7. The monoisotopic (exact) mass is 484 g/mol. The Morgan fingerprint density at radius 3 is 2.61 bits per heavy atom. The summed E-state index contributed by atoms with van der Waals surface area (Å²) in [6.07, 6.45) is 10.6. The molecule has 0 unspecified atom stereocenters. The minimum Gasteiger partial charge on any atom is -0.354 e. The number of benzene rings is 1. The van der Waals surface area contributed by atoms with Gasteiger partial charge in [-0.3, -0.25) is 10.5 Å². The first-order chi connectivity index (χ1) is 17.6. The van der Waals surface area contributed by atoms with Gasteiger partial charge in [0.2, 0.25) is 5.95 Å². The lowest BCUT2D eigenvalue weighted by Crippen LogP contribution is -2.42. The van der Waals surface area contributed by atoms with Crippen LogP contribution in [0.25, 0.3) is 0 Å². The van der Waals surface area contributed by atoms with Crippen molar-refractivity contribution in [2.75, 3.05) is 16.0 Å². The topological polar surface area (TPSA) is 150 Å². The van der Waals surface area contributed by atoms with Crippen LogP contribution in [0.15, 0.2) is 42.6 Å². The minimum absolute atomic E-state index is 0.227. The summed E-state index contributed by atoms with van der Waals surface area (Å²) in [4.78, 5) is 9.03. The normalized spacial score (nSPS) is 19.9. The van der Waals surface area contributed by atoms with Crippen molar-refractivity contribution < 1.29 is 0 Å². The van der Waals surface area contributed by atoms with Crippen LogP contribution in [0.1, 0.15) is 68.5 Å². The maximum absolute atomic E-state index is 9.04. The van der Waals surface area contributed by atoms with Crippen molar-refractivity contribution in [1.82, 2.24) is 25.5 Å². The summed E-state index contributed by atoms with van der Waals surface area (Å²) in [5, 5.41) is 37.9. The fourth-order valence-electron chi connectivity index (χ4n) is 5.09. The van der Waals surface area contributed by atoms with Crippen LogP contribution in [0.5, 0.6) is 0 Å². The number of aromatic amines is 1. The second-order valence-electron chi connectivity index (χ2n) is 9.61. The van der Waals surface area contributed by atoms with E-state index < -0.39 is 0 Å². The lowest BCUT2D eigenvalue weighted by atomic mass is 9.91. The molecule has 0 bridgehead atoms. The number of hydrogen-bond acceptors (Lipinski definition) is 7. The van der Waals surface area contributed by atoms with Gasteiger partial charge in [0.15, 0.2) is 11.8 Å². The molecule has 2 fully saturated rings. The minimum atomic E-state index is 0.227. The van der Waals surface area contributed by atoms with Crippen molar-refractivity contribution in [3.8, 4) is 6.07 Å². The van der Waals surface area contributed by atoms with Crippen LogP contribution in [-0.2, 0) is 0 Å². The third-order valence-electron chi connectivity index (χ3n) is 6.97. The zero-order valence-corrected chi connectivity index (χ0v) is 20.2. The Bertz CT molecular complexity index is 1220. The highest BCUT2D eigenvalue weighted by Gasteiger charge is 2.23. The van der Waals surface area contributed by atoms with Crippen molar-refractivity contribution in [1.29, 1.82) is 10.7 Å². The molecule has 10 nitrogen and oxygen atoms in total. The fraction of sp³-hybridized carbons (Fsp3) is 0.423. The number of nitrogens with zero attached hydrogens (tertiary/aromatic N) is 4.